The molecule has 0 aromatic carbocycles. The van der Waals surface area contributed by atoms with E-state index >= 15 is 0 Å². The summed E-state index contributed by atoms with van der Waals surface area (Å²) >= 11 is 0. The van der Waals surface area contributed by atoms with Gasteiger partial charge in [-0.2, -0.15) is 0 Å². The average Bonchev–Trinajstić information content (AvgIpc) is 2.81. The Hall–Kier alpha value is -1.06. The third-order valence-electron chi connectivity index (χ3n) is 7.98. The fourth-order valence-corrected chi connectivity index (χ4v) is 5.64. The summed E-state index contributed by atoms with van der Waals surface area (Å²) in [5.74, 6) is 0.725. The van der Waals surface area contributed by atoms with Crippen molar-refractivity contribution in [3.63, 3.8) is 0 Å². The van der Waals surface area contributed by atoms with Crippen LogP contribution in [0.25, 0.3) is 0 Å². The number of rotatable bonds is 15. The van der Waals surface area contributed by atoms with Crippen LogP contribution in [0.3, 0.4) is 0 Å². The van der Waals surface area contributed by atoms with Gasteiger partial charge in [-0.15, -0.1) is 0 Å². The van der Waals surface area contributed by atoms with Crippen LogP contribution in [0.1, 0.15) is 143 Å². The van der Waals surface area contributed by atoms with Crippen molar-refractivity contribution in [2.24, 2.45) is 17.8 Å². The van der Waals surface area contributed by atoms with Crippen molar-refractivity contribution in [2.45, 2.75) is 155 Å². The van der Waals surface area contributed by atoms with Crippen LogP contribution in [0.2, 0.25) is 0 Å². The van der Waals surface area contributed by atoms with Crippen LogP contribution in [0.15, 0.2) is 0 Å². The van der Waals surface area contributed by atoms with Crippen LogP contribution in [0.5, 0.6) is 0 Å². The number of carbonyl (C=O) groups is 2. The predicted molar refractivity (Wildman–Crippen MR) is 135 cm³/mol. The molecule has 4 heteroatoms. The first kappa shape index (κ1) is 28.2. The molecule has 0 bridgehead atoms. The van der Waals surface area contributed by atoms with Crippen molar-refractivity contribution in [1.82, 2.24) is 0 Å². The fraction of sp³-hybridized carbons (Fsp3) is 0.931. The van der Waals surface area contributed by atoms with Crippen molar-refractivity contribution in [3.8, 4) is 0 Å². The molecule has 0 aromatic rings. The molecule has 0 aromatic heterocycles. The summed E-state index contributed by atoms with van der Waals surface area (Å²) in [5, 5.41) is 0. The summed E-state index contributed by atoms with van der Waals surface area (Å²) in [6, 6.07) is 0. The average molecular weight is 465 g/mol. The molecule has 2 aliphatic rings. The minimum atomic E-state index is -0.417. The maximum atomic E-state index is 12.5. The lowest BCUT2D eigenvalue weighted by atomic mass is 9.84. The smallest absolute Gasteiger partial charge is 0.309 e. The number of ether oxygens (including phenoxy) is 2. The number of unbranched alkanes of at least 4 members (excludes halogenated alkanes) is 6. The molecule has 0 amide bonds. The summed E-state index contributed by atoms with van der Waals surface area (Å²) in [5.41, 5.74) is 0. The largest absolute Gasteiger partial charge is 0.462 e. The Balaban J connectivity index is 1.56. The molecule has 0 N–H and O–H groups in total. The van der Waals surface area contributed by atoms with E-state index < -0.39 is 5.92 Å². The topological polar surface area (TPSA) is 52.6 Å². The monoisotopic (exact) mass is 464 g/mol. The lowest BCUT2D eigenvalue weighted by molar-refractivity contribution is -0.162. The van der Waals surface area contributed by atoms with Gasteiger partial charge in [-0.05, 0) is 63.2 Å². The summed E-state index contributed by atoms with van der Waals surface area (Å²) in [4.78, 5) is 24.9. The predicted octanol–water partition coefficient (Wildman–Crippen LogP) is 8.16. The summed E-state index contributed by atoms with van der Waals surface area (Å²) < 4.78 is 11.5. The summed E-state index contributed by atoms with van der Waals surface area (Å²) in [7, 11) is 0. The van der Waals surface area contributed by atoms with Crippen molar-refractivity contribution in [3.05, 3.63) is 0 Å². The fourth-order valence-electron chi connectivity index (χ4n) is 5.64. The lowest BCUT2D eigenvalue weighted by Gasteiger charge is -2.29. The van der Waals surface area contributed by atoms with Gasteiger partial charge < -0.3 is 9.47 Å². The molecule has 0 radical (unpaired) electrons. The van der Waals surface area contributed by atoms with Crippen molar-refractivity contribution >= 4 is 11.9 Å². The highest BCUT2D eigenvalue weighted by Gasteiger charge is 2.28. The molecule has 2 saturated carbocycles. The Bertz CT molecular complexity index is 530. The zero-order valence-electron chi connectivity index (χ0n) is 22.0. The van der Waals surface area contributed by atoms with E-state index in [9.17, 15) is 9.59 Å². The minimum Gasteiger partial charge on any atom is -0.462 e. The van der Waals surface area contributed by atoms with Gasteiger partial charge in [0, 0.05) is 0 Å². The van der Waals surface area contributed by atoms with Crippen LogP contribution in [0.4, 0.5) is 0 Å². The first-order chi connectivity index (χ1) is 16.0. The second kappa shape index (κ2) is 16.5. The molecule has 1 atom stereocenters. The Kier molecular flexibility index (Phi) is 14.1. The zero-order valence-corrected chi connectivity index (χ0v) is 22.0. The van der Waals surface area contributed by atoms with E-state index in [4.69, 9.17) is 9.47 Å². The first-order valence-electron chi connectivity index (χ1n) is 14.4. The Morgan fingerprint density at radius 1 is 0.667 bits per heavy atom. The van der Waals surface area contributed by atoms with E-state index in [1.165, 1.54) is 89.9 Å². The lowest BCUT2D eigenvalue weighted by Crippen LogP contribution is -2.29. The third kappa shape index (κ3) is 11.8. The Morgan fingerprint density at radius 3 is 1.58 bits per heavy atom. The molecule has 2 fully saturated rings. The van der Waals surface area contributed by atoms with Gasteiger partial charge in [0.1, 0.15) is 12.2 Å². The molecule has 0 saturated heterocycles. The maximum absolute atomic E-state index is 12.5. The molecule has 0 aliphatic heterocycles. The minimum absolute atomic E-state index is 0.0375. The number of hydrogen-bond acceptors (Lipinski definition) is 4. The second-order valence-electron chi connectivity index (χ2n) is 11.0. The van der Waals surface area contributed by atoms with Gasteiger partial charge in [-0.25, -0.2) is 0 Å². The van der Waals surface area contributed by atoms with Gasteiger partial charge in [-0.1, -0.05) is 85.0 Å². The van der Waals surface area contributed by atoms with Gasteiger partial charge in [0.25, 0.3) is 0 Å². The Labute approximate surface area is 203 Å². The van der Waals surface area contributed by atoms with E-state index in [1.807, 2.05) is 0 Å². The van der Waals surface area contributed by atoms with E-state index in [1.54, 1.807) is 6.92 Å². The van der Waals surface area contributed by atoms with Crippen LogP contribution in [-0.4, -0.2) is 24.1 Å². The molecule has 2 rings (SSSR count). The molecular formula is C29H52O4. The van der Waals surface area contributed by atoms with Crippen molar-refractivity contribution in [1.29, 1.82) is 0 Å². The molecule has 1 unspecified atom stereocenters. The molecule has 2 aliphatic carbocycles. The van der Waals surface area contributed by atoms with E-state index in [2.05, 4.69) is 13.8 Å². The molecular weight excluding hydrogens is 412 g/mol. The van der Waals surface area contributed by atoms with Crippen LogP contribution >= 0.6 is 0 Å². The van der Waals surface area contributed by atoms with Gasteiger partial charge in [0.15, 0.2) is 0 Å². The third-order valence-corrected chi connectivity index (χ3v) is 7.98. The highest BCUT2D eigenvalue weighted by atomic mass is 16.6. The number of esters is 2. The highest BCUT2D eigenvalue weighted by molar-refractivity contribution is 5.79. The maximum Gasteiger partial charge on any atom is 0.309 e. The van der Waals surface area contributed by atoms with Crippen molar-refractivity contribution < 1.29 is 19.1 Å². The molecule has 192 valence electrons. The molecule has 0 spiro atoms. The van der Waals surface area contributed by atoms with Gasteiger partial charge in [-0.3, -0.25) is 9.59 Å². The SMILES string of the molecule is CCCCCCC1CCC(OC(=O)CC(C)C(=O)OC2CCC(CCCCCC)CC2)CC1. The quantitative estimate of drug-likeness (QED) is 0.181. The summed E-state index contributed by atoms with van der Waals surface area (Å²) in [6.45, 7) is 6.30. The standard InChI is InChI=1S/C29H52O4/c1-4-6-8-10-12-24-14-18-26(19-15-24)32-28(30)22-23(3)29(31)33-27-20-16-25(17-21-27)13-11-9-7-5-2/h23-27H,4-22H2,1-3H3. The van der Waals surface area contributed by atoms with Crippen LogP contribution < -0.4 is 0 Å². The van der Waals surface area contributed by atoms with Crippen LogP contribution in [0, 0.1) is 17.8 Å². The number of carbonyl (C=O) groups excluding carboxylic acids is 2. The van der Waals surface area contributed by atoms with E-state index in [-0.39, 0.29) is 30.6 Å². The Morgan fingerprint density at radius 2 is 1.12 bits per heavy atom. The van der Waals surface area contributed by atoms with Gasteiger partial charge in [0.05, 0.1) is 12.3 Å². The molecule has 33 heavy (non-hydrogen) atoms. The van der Waals surface area contributed by atoms with Gasteiger partial charge >= 0.3 is 11.9 Å². The molecule has 0 heterocycles. The second-order valence-corrected chi connectivity index (χ2v) is 11.0. The van der Waals surface area contributed by atoms with Crippen LogP contribution in [-0.2, 0) is 19.1 Å². The van der Waals surface area contributed by atoms with Crippen molar-refractivity contribution in [2.75, 3.05) is 0 Å². The normalized spacial score (nSPS) is 26.5. The first-order valence-corrected chi connectivity index (χ1v) is 14.4. The molecule has 4 nitrogen and oxygen atoms in total. The van der Waals surface area contributed by atoms with Gasteiger partial charge in [0.2, 0.25) is 0 Å². The summed E-state index contributed by atoms with van der Waals surface area (Å²) in [6.07, 6.45) is 22.1. The zero-order chi connectivity index (χ0) is 23.9. The highest BCUT2D eigenvalue weighted by Crippen LogP contribution is 2.32. The van der Waals surface area contributed by atoms with E-state index in [0.29, 0.717) is 0 Å². The number of hydrogen-bond donors (Lipinski definition) is 0. The van der Waals surface area contributed by atoms with E-state index in [0.717, 1.165) is 37.5 Å².